The summed E-state index contributed by atoms with van der Waals surface area (Å²) in [5, 5.41) is 4.03. The smallest absolute Gasteiger partial charge is 0.147 e. The van der Waals surface area contributed by atoms with Crippen molar-refractivity contribution in [3.63, 3.8) is 0 Å². The molecule has 0 spiro atoms. The number of anilines is 1. The van der Waals surface area contributed by atoms with Crippen LogP contribution < -0.4 is 10.2 Å². The maximum absolute atomic E-state index is 6.33. The summed E-state index contributed by atoms with van der Waals surface area (Å²) in [4.78, 5) is 6.75. The van der Waals surface area contributed by atoms with E-state index in [0.717, 1.165) is 42.6 Å². The Labute approximate surface area is 116 Å². The van der Waals surface area contributed by atoms with Crippen LogP contribution in [0.2, 0.25) is 5.02 Å². The minimum absolute atomic E-state index is 0.753. The molecule has 1 aromatic rings. The van der Waals surface area contributed by atoms with Crippen LogP contribution in [0.25, 0.3) is 0 Å². The fourth-order valence-electron chi connectivity index (χ4n) is 1.83. The Morgan fingerprint density at radius 2 is 2.11 bits per heavy atom. The standard InChI is InChI=1S/C14H24ClN3/c1-4-7-8-18(6-3)14-13(15)9-12(11-17-14)10-16-5-2/h9,11,16H,4-8,10H2,1-3H3. The van der Waals surface area contributed by atoms with Gasteiger partial charge in [0.05, 0.1) is 5.02 Å². The number of rotatable bonds is 8. The highest BCUT2D eigenvalue weighted by Gasteiger charge is 2.10. The largest absolute Gasteiger partial charge is 0.356 e. The molecular formula is C14H24ClN3. The van der Waals surface area contributed by atoms with Crippen LogP contribution in [0.15, 0.2) is 12.3 Å². The van der Waals surface area contributed by atoms with Crippen molar-refractivity contribution in [2.75, 3.05) is 24.5 Å². The van der Waals surface area contributed by atoms with Crippen molar-refractivity contribution in [2.24, 2.45) is 0 Å². The lowest BCUT2D eigenvalue weighted by molar-refractivity contribution is 0.714. The number of aromatic nitrogens is 1. The summed E-state index contributed by atoms with van der Waals surface area (Å²) in [6.07, 6.45) is 4.27. The minimum atomic E-state index is 0.753. The molecule has 0 saturated heterocycles. The van der Waals surface area contributed by atoms with Gasteiger partial charge in [0.1, 0.15) is 5.82 Å². The summed E-state index contributed by atoms with van der Waals surface area (Å²) in [6, 6.07) is 2.02. The minimum Gasteiger partial charge on any atom is -0.356 e. The molecule has 18 heavy (non-hydrogen) atoms. The molecule has 0 atom stereocenters. The summed E-state index contributed by atoms with van der Waals surface area (Å²) in [5.41, 5.74) is 1.14. The summed E-state index contributed by atoms with van der Waals surface area (Å²) in [7, 11) is 0. The Hall–Kier alpha value is -0.800. The van der Waals surface area contributed by atoms with Crippen LogP contribution in [0.3, 0.4) is 0 Å². The zero-order valence-corrected chi connectivity index (χ0v) is 12.4. The molecule has 1 rings (SSSR count). The Morgan fingerprint density at radius 1 is 1.33 bits per heavy atom. The number of hydrogen-bond acceptors (Lipinski definition) is 3. The molecule has 0 bridgehead atoms. The normalized spacial score (nSPS) is 10.7. The van der Waals surface area contributed by atoms with E-state index in [4.69, 9.17) is 11.6 Å². The van der Waals surface area contributed by atoms with E-state index in [9.17, 15) is 0 Å². The first-order chi connectivity index (χ1) is 8.72. The van der Waals surface area contributed by atoms with Gasteiger partial charge in [-0.1, -0.05) is 31.9 Å². The van der Waals surface area contributed by atoms with E-state index >= 15 is 0 Å². The summed E-state index contributed by atoms with van der Waals surface area (Å²) >= 11 is 6.33. The molecule has 0 saturated carbocycles. The molecule has 0 aliphatic carbocycles. The van der Waals surface area contributed by atoms with Crippen molar-refractivity contribution in [3.8, 4) is 0 Å². The molecule has 0 aliphatic rings. The molecule has 102 valence electrons. The molecule has 0 aromatic carbocycles. The van der Waals surface area contributed by atoms with Gasteiger partial charge in [-0.25, -0.2) is 4.98 Å². The maximum atomic E-state index is 6.33. The first-order valence-corrected chi connectivity index (χ1v) is 7.20. The highest BCUT2D eigenvalue weighted by Crippen LogP contribution is 2.24. The number of nitrogens with one attached hydrogen (secondary N) is 1. The number of hydrogen-bond donors (Lipinski definition) is 1. The lowest BCUT2D eigenvalue weighted by atomic mass is 10.2. The van der Waals surface area contributed by atoms with Gasteiger partial charge in [-0.2, -0.15) is 0 Å². The number of halogens is 1. The number of nitrogens with zero attached hydrogens (tertiary/aromatic N) is 2. The monoisotopic (exact) mass is 269 g/mol. The highest BCUT2D eigenvalue weighted by atomic mass is 35.5. The van der Waals surface area contributed by atoms with E-state index < -0.39 is 0 Å². The Balaban J connectivity index is 2.75. The predicted molar refractivity (Wildman–Crippen MR) is 79.4 cm³/mol. The Bertz CT molecular complexity index is 355. The first kappa shape index (κ1) is 15.3. The number of pyridine rings is 1. The molecule has 4 heteroatoms. The van der Waals surface area contributed by atoms with Gasteiger partial charge < -0.3 is 10.2 Å². The third-order valence-electron chi connectivity index (χ3n) is 2.92. The zero-order chi connectivity index (χ0) is 13.4. The zero-order valence-electron chi connectivity index (χ0n) is 11.7. The van der Waals surface area contributed by atoms with E-state index in [2.05, 4.69) is 36.0 Å². The Morgan fingerprint density at radius 3 is 2.67 bits per heavy atom. The van der Waals surface area contributed by atoms with Gasteiger partial charge in [0, 0.05) is 25.8 Å². The van der Waals surface area contributed by atoms with Crippen molar-refractivity contribution in [2.45, 2.75) is 40.2 Å². The quantitative estimate of drug-likeness (QED) is 0.783. The van der Waals surface area contributed by atoms with E-state index in [0.29, 0.717) is 0 Å². The molecule has 0 unspecified atom stereocenters. The van der Waals surface area contributed by atoms with Crippen molar-refractivity contribution >= 4 is 17.4 Å². The van der Waals surface area contributed by atoms with E-state index in [1.165, 1.54) is 12.8 Å². The molecule has 0 aliphatic heterocycles. The second kappa shape index (κ2) is 8.33. The molecule has 0 amide bonds. The second-order valence-corrected chi connectivity index (χ2v) is 4.77. The molecular weight excluding hydrogens is 246 g/mol. The van der Waals surface area contributed by atoms with Gasteiger partial charge in [0.15, 0.2) is 0 Å². The molecule has 0 fully saturated rings. The van der Waals surface area contributed by atoms with Gasteiger partial charge in [0.2, 0.25) is 0 Å². The average Bonchev–Trinajstić information content (AvgIpc) is 2.39. The fraction of sp³-hybridized carbons (Fsp3) is 0.643. The second-order valence-electron chi connectivity index (χ2n) is 4.36. The summed E-state index contributed by atoms with van der Waals surface area (Å²) in [6.45, 7) is 10.2. The lowest BCUT2D eigenvalue weighted by Gasteiger charge is -2.23. The summed E-state index contributed by atoms with van der Waals surface area (Å²) < 4.78 is 0. The molecule has 1 aromatic heterocycles. The van der Waals surface area contributed by atoms with Gasteiger partial charge >= 0.3 is 0 Å². The van der Waals surface area contributed by atoms with Gasteiger partial charge in [-0.15, -0.1) is 0 Å². The predicted octanol–water partition coefficient (Wildman–Crippen LogP) is 3.47. The van der Waals surface area contributed by atoms with Crippen molar-refractivity contribution < 1.29 is 0 Å². The third-order valence-corrected chi connectivity index (χ3v) is 3.20. The van der Waals surface area contributed by atoms with Crippen molar-refractivity contribution in [1.29, 1.82) is 0 Å². The van der Waals surface area contributed by atoms with Crippen molar-refractivity contribution in [1.82, 2.24) is 10.3 Å². The SMILES string of the molecule is CCCCN(CC)c1ncc(CNCC)cc1Cl. The lowest BCUT2D eigenvalue weighted by Crippen LogP contribution is -2.25. The fourth-order valence-corrected chi connectivity index (χ4v) is 2.14. The van der Waals surface area contributed by atoms with E-state index in [1.807, 2.05) is 12.3 Å². The summed E-state index contributed by atoms with van der Waals surface area (Å²) in [5.74, 6) is 0.910. The average molecular weight is 270 g/mol. The Kier molecular flexibility index (Phi) is 7.06. The van der Waals surface area contributed by atoms with E-state index in [1.54, 1.807) is 0 Å². The van der Waals surface area contributed by atoms with Crippen LogP contribution in [0.5, 0.6) is 0 Å². The van der Waals surface area contributed by atoms with Gasteiger partial charge in [-0.3, -0.25) is 0 Å². The first-order valence-electron chi connectivity index (χ1n) is 6.82. The van der Waals surface area contributed by atoms with E-state index in [-0.39, 0.29) is 0 Å². The maximum Gasteiger partial charge on any atom is 0.147 e. The van der Waals surface area contributed by atoms with Gasteiger partial charge in [0.25, 0.3) is 0 Å². The van der Waals surface area contributed by atoms with Crippen LogP contribution in [0, 0.1) is 0 Å². The molecule has 1 heterocycles. The van der Waals surface area contributed by atoms with Crippen LogP contribution in [-0.4, -0.2) is 24.6 Å². The topological polar surface area (TPSA) is 28.2 Å². The molecule has 0 radical (unpaired) electrons. The number of unbranched alkanes of at least 4 members (excludes halogenated alkanes) is 1. The van der Waals surface area contributed by atoms with Crippen LogP contribution in [0.4, 0.5) is 5.82 Å². The highest BCUT2D eigenvalue weighted by molar-refractivity contribution is 6.33. The third kappa shape index (κ3) is 4.46. The van der Waals surface area contributed by atoms with Crippen LogP contribution >= 0.6 is 11.6 Å². The molecule has 1 N–H and O–H groups in total. The van der Waals surface area contributed by atoms with Crippen LogP contribution in [-0.2, 0) is 6.54 Å². The van der Waals surface area contributed by atoms with Crippen LogP contribution in [0.1, 0.15) is 39.2 Å². The van der Waals surface area contributed by atoms with Gasteiger partial charge in [-0.05, 0) is 31.5 Å². The molecule has 3 nitrogen and oxygen atoms in total. The van der Waals surface area contributed by atoms with Crippen molar-refractivity contribution in [3.05, 3.63) is 22.8 Å².